The molecular weight excluding hydrogens is 356 g/mol. The minimum absolute atomic E-state index is 0.0663. The highest BCUT2D eigenvalue weighted by molar-refractivity contribution is 5.98. The van der Waals surface area contributed by atoms with Crippen LogP contribution in [-0.2, 0) is 9.63 Å². The molecule has 10 nitrogen and oxygen atoms in total. The van der Waals surface area contributed by atoms with Crippen LogP contribution in [0.5, 0.6) is 5.75 Å². The van der Waals surface area contributed by atoms with Crippen molar-refractivity contribution in [3.8, 4) is 5.75 Å². The Labute approximate surface area is 153 Å². The van der Waals surface area contributed by atoms with E-state index < -0.39 is 16.8 Å². The van der Waals surface area contributed by atoms with Crippen LogP contribution in [0, 0.1) is 17.0 Å². The second kappa shape index (κ2) is 8.43. The lowest BCUT2D eigenvalue weighted by molar-refractivity contribution is -0.385. The summed E-state index contributed by atoms with van der Waals surface area (Å²) in [6.45, 7) is 1.25. The summed E-state index contributed by atoms with van der Waals surface area (Å²) in [7, 11) is 0. The summed E-state index contributed by atoms with van der Waals surface area (Å²) < 4.78 is 5.11. The third kappa shape index (κ3) is 5.26. The maximum atomic E-state index is 12.0. The molecular formula is C17H16N4O6. The van der Waals surface area contributed by atoms with Crippen LogP contribution in [0.1, 0.15) is 21.5 Å². The number of amidine groups is 1. The van der Waals surface area contributed by atoms with Gasteiger partial charge in [0.15, 0.2) is 12.4 Å². The van der Waals surface area contributed by atoms with E-state index in [9.17, 15) is 19.7 Å². The molecule has 0 radical (unpaired) electrons. The lowest BCUT2D eigenvalue weighted by Crippen LogP contribution is -2.20. The zero-order chi connectivity index (χ0) is 20.0. The van der Waals surface area contributed by atoms with Crippen LogP contribution in [0.3, 0.4) is 0 Å². The Kier molecular flexibility index (Phi) is 6.05. The van der Waals surface area contributed by atoms with Gasteiger partial charge in [-0.25, -0.2) is 4.79 Å². The van der Waals surface area contributed by atoms with Crippen molar-refractivity contribution in [1.82, 2.24) is 0 Å². The summed E-state index contributed by atoms with van der Waals surface area (Å²) in [5.74, 6) is -1.07. The van der Waals surface area contributed by atoms with Gasteiger partial charge >= 0.3 is 5.97 Å². The Morgan fingerprint density at radius 2 is 1.74 bits per heavy atom. The zero-order valence-corrected chi connectivity index (χ0v) is 14.2. The van der Waals surface area contributed by atoms with E-state index in [1.807, 2.05) is 0 Å². The normalized spacial score (nSPS) is 10.9. The molecule has 0 saturated heterocycles. The molecule has 0 aromatic heterocycles. The highest BCUT2D eigenvalue weighted by Crippen LogP contribution is 2.19. The molecule has 0 aliphatic carbocycles. The van der Waals surface area contributed by atoms with Gasteiger partial charge < -0.3 is 21.0 Å². The van der Waals surface area contributed by atoms with Crippen molar-refractivity contribution in [1.29, 1.82) is 0 Å². The molecule has 1 amide bonds. The highest BCUT2D eigenvalue weighted by atomic mass is 16.7. The molecule has 27 heavy (non-hydrogen) atoms. The Morgan fingerprint density at radius 1 is 1.11 bits per heavy atom. The van der Waals surface area contributed by atoms with Gasteiger partial charge in [-0.15, -0.1) is 0 Å². The van der Waals surface area contributed by atoms with Crippen LogP contribution in [0.2, 0.25) is 0 Å². The number of nitrogens with two attached hydrogens (primary N) is 2. The second-order valence-electron chi connectivity index (χ2n) is 5.39. The Bertz CT molecular complexity index is 908. The predicted octanol–water partition coefficient (Wildman–Crippen LogP) is 1.24. The molecule has 0 spiro atoms. The quantitative estimate of drug-likeness (QED) is 0.243. The number of carbonyl (C=O) groups excluding carboxylic acids is 2. The summed E-state index contributed by atoms with van der Waals surface area (Å²) in [5, 5.41) is 14.4. The van der Waals surface area contributed by atoms with Gasteiger partial charge in [-0.1, -0.05) is 5.16 Å². The SMILES string of the molecule is Cc1cc(C(=O)O/N=C(\N)c2ccc(OCC(N)=O)cc2)ccc1[N+](=O)[O-]. The van der Waals surface area contributed by atoms with Gasteiger partial charge in [-0.05, 0) is 43.3 Å². The third-order valence-electron chi connectivity index (χ3n) is 3.39. The average Bonchev–Trinajstić information content (AvgIpc) is 2.64. The van der Waals surface area contributed by atoms with E-state index in [1.165, 1.54) is 25.1 Å². The molecule has 0 unspecified atom stereocenters. The number of primary amides is 1. The van der Waals surface area contributed by atoms with Gasteiger partial charge in [0, 0.05) is 17.2 Å². The summed E-state index contributed by atoms with van der Waals surface area (Å²) >= 11 is 0. The van der Waals surface area contributed by atoms with Gasteiger partial charge in [-0.2, -0.15) is 0 Å². The first-order valence-electron chi connectivity index (χ1n) is 7.59. The standard InChI is InChI=1S/C17H16N4O6/c1-10-8-12(4-7-14(10)21(24)25)17(23)27-20-16(19)11-2-5-13(6-3-11)26-9-15(18)22/h2-8H,9H2,1H3,(H2,18,22)(H2,19,20). The van der Waals surface area contributed by atoms with Crippen molar-refractivity contribution >= 4 is 23.4 Å². The minimum Gasteiger partial charge on any atom is -0.484 e. The summed E-state index contributed by atoms with van der Waals surface area (Å²) in [4.78, 5) is 37.7. The van der Waals surface area contributed by atoms with Crippen molar-refractivity contribution in [2.45, 2.75) is 6.92 Å². The molecule has 2 aromatic carbocycles. The number of oxime groups is 1. The van der Waals surface area contributed by atoms with E-state index in [0.717, 1.165) is 0 Å². The lowest BCUT2D eigenvalue weighted by atomic mass is 10.1. The van der Waals surface area contributed by atoms with E-state index in [-0.39, 0.29) is 23.7 Å². The van der Waals surface area contributed by atoms with Crippen molar-refractivity contribution < 1.29 is 24.1 Å². The van der Waals surface area contributed by atoms with Crippen LogP contribution in [0.25, 0.3) is 0 Å². The number of benzene rings is 2. The third-order valence-corrected chi connectivity index (χ3v) is 3.39. The highest BCUT2D eigenvalue weighted by Gasteiger charge is 2.15. The molecule has 0 fully saturated rings. The number of nitro benzene ring substituents is 1. The maximum Gasteiger partial charge on any atom is 0.365 e. The molecule has 10 heteroatoms. The number of nitrogens with zero attached hydrogens (tertiary/aromatic N) is 2. The fraction of sp³-hybridized carbons (Fsp3) is 0.118. The number of hydrogen-bond acceptors (Lipinski definition) is 7. The first kappa shape index (κ1) is 19.4. The fourth-order valence-corrected chi connectivity index (χ4v) is 2.06. The molecule has 0 saturated carbocycles. The monoisotopic (exact) mass is 372 g/mol. The summed E-state index contributed by atoms with van der Waals surface area (Å²) in [6, 6.07) is 10.0. The summed E-state index contributed by atoms with van der Waals surface area (Å²) in [5.41, 5.74) is 11.5. The Morgan fingerprint density at radius 3 is 2.30 bits per heavy atom. The molecule has 0 atom stereocenters. The molecule has 4 N–H and O–H groups in total. The number of aryl methyl sites for hydroxylation is 1. The molecule has 0 heterocycles. The maximum absolute atomic E-state index is 12.0. The van der Waals surface area contributed by atoms with Crippen molar-refractivity contribution in [3.63, 3.8) is 0 Å². The molecule has 140 valence electrons. The summed E-state index contributed by atoms with van der Waals surface area (Å²) in [6.07, 6.45) is 0. The molecule has 2 aromatic rings. The minimum atomic E-state index is -0.808. The second-order valence-corrected chi connectivity index (χ2v) is 5.39. The number of amides is 1. The van der Waals surface area contributed by atoms with E-state index in [2.05, 4.69) is 5.16 Å². The van der Waals surface area contributed by atoms with Gasteiger partial charge in [0.1, 0.15) is 5.75 Å². The van der Waals surface area contributed by atoms with Crippen molar-refractivity contribution in [2.24, 2.45) is 16.6 Å². The number of hydrogen-bond donors (Lipinski definition) is 2. The Balaban J connectivity index is 2.04. The smallest absolute Gasteiger partial charge is 0.365 e. The number of nitro groups is 1. The van der Waals surface area contributed by atoms with Gasteiger partial charge in [0.2, 0.25) is 0 Å². The van der Waals surface area contributed by atoms with Crippen molar-refractivity contribution in [2.75, 3.05) is 6.61 Å². The van der Waals surface area contributed by atoms with Crippen LogP contribution in [-0.4, -0.2) is 29.2 Å². The van der Waals surface area contributed by atoms with Gasteiger partial charge in [0.25, 0.3) is 11.6 Å². The lowest BCUT2D eigenvalue weighted by Gasteiger charge is -2.05. The first-order chi connectivity index (χ1) is 12.8. The zero-order valence-electron chi connectivity index (χ0n) is 14.2. The van der Waals surface area contributed by atoms with E-state index in [0.29, 0.717) is 16.9 Å². The predicted molar refractivity (Wildman–Crippen MR) is 95.1 cm³/mol. The van der Waals surface area contributed by atoms with E-state index in [1.54, 1.807) is 24.3 Å². The topological polar surface area (TPSA) is 160 Å². The van der Waals surface area contributed by atoms with E-state index in [4.69, 9.17) is 21.0 Å². The van der Waals surface area contributed by atoms with Gasteiger partial charge in [0.05, 0.1) is 10.5 Å². The molecule has 2 rings (SSSR count). The first-order valence-corrected chi connectivity index (χ1v) is 7.59. The molecule has 0 bridgehead atoms. The van der Waals surface area contributed by atoms with Crippen molar-refractivity contribution in [3.05, 3.63) is 69.3 Å². The van der Waals surface area contributed by atoms with Crippen LogP contribution in [0.4, 0.5) is 5.69 Å². The van der Waals surface area contributed by atoms with Crippen LogP contribution >= 0.6 is 0 Å². The van der Waals surface area contributed by atoms with Crippen LogP contribution < -0.4 is 16.2 Å². The molecule has 0 aliphatic heterocycles. The van der Waals surface area contributed by atoms with E-state index >= 15 is 0 Å². The number of rotatable bonds is 7. The largest absolute Gasteiger partial charge is 0.484 e. The molecule has 0 aliphatic rings. The fourth-order valence-electron chi connectivity index (χ4n) is 2.06. The van der Waals surface area contributed by atoms with Crippen LogP contribution in [0.15, 0.2) is 47.6 Å². The number of carbonyl (C=O) groups is 2. The van der Waals surface area contributed by atoms with Gasteiger partial charge in [-0.3, -0.25) is 14.9 Å². The average molecular weight is 372 g/mol. The number of ether oxygens (including phenoxy) is 1. The Hall–Kier alpha value is -3.95.